The Kier molecular flexibility index (Phi) is 8.34. The van der Waals surface area contributed by atoms with Crippen LogP contribution in [0.4, 0.5) is 5.69 Å². The van der Waals surface area contributed by atoms with Crippen LogP contribution in [-0.4, -0.2) is 28.0 Å². The molecule has 3 rings (SSSR count). The summed E-state index contributed by atoms with van der Waals surface area (Å²) < 4.78 is 11.6. The summed E-state index contributed by atoms with van der Waals surface area (Å²) in [5, 5.41) is 1.38. The van der Waals surface area contributed by atoms with Gasteiger partial charge < -0.3 is 14.4 Å². The molecule has 2 unspecified atom stereocenters. The fourth-order valence-electron chi connectivity index (χ4n) is 4.07. The van der Waals surface area contributed by atoms with Gasteiger partial charge in [0, 0.05) is 44.0 Å². The van der Waals surface area contributed by atoms with E-state index in [0.717, 1.165) is 18.6 Å². The van der Waals surface area contributed by atoms with Crippen molar-refractivity contribution in [3.05, 3.63) is 89.0 Å². The first-order valence-corrected chi connectivity index (χ1v) is 12.2. The number of nitrogens with zero attached hydrogens (tertiary/aromatic N) is 1. The van der Waals surface area contributed by atoms with Crippen LogP contribution < -0.4 is 14.9 Å². The third-order valence-electron chi connectivity index (χ3n) is 6.09. The zero-order valence-corrected chi connectivity index (χ0v) is 21.2. The second kappa shape index (κ2) is 11.0. The van der Waals surface area contributed by atoms with E-state index in [4.69, 9.17) is 9.47 Å². The van der Waals surface area contributed by atoms with Crippen LogP contribution in [0.1, 0.15) is 42.5 Å². The summed E-state index contributed by atoms with van der Waals surface area (Å²) in [6.45, 7) is 7.12. The lowest BCUT2D eigenvalue weighted by Crippen LogP contribution is -2.25. The molecule has 0 bridgehead atoms. The average molecular weight is 450 g/mol. The van der Waals surface area contributed by atoms with Crippen LogP contribution in [0.2, 0.25) is 0 Å². The topological polar surface area (TPSA) is 21.7 Å². The monoisotopic (exact) mass is 449 g/mol. The van der Waals surface area contributed by atoms with E-state index in [0.29, 0.717) is 8.58 Å². The van der Waals surface area contributed by atoms with E-state index in [-0.39, 0.29) is 11.9 Å². The third kappa shape index (κ3) is 5.52. The molecule has 0 fully saturated rings. The van der Waals surface area contributed by atoms with Crippen molar-refractivity contribution in [2.45, 2.75) is 38.8 Å². The highest BCUT2D eigenvalue weighted by Gasteiger charge is 2.31. The van der Waals surface area contributed by atoms with Gasteiger partial charge >= 0.3 is 0 Å². The van der Waals surface area contributed by atoms with E-state index in [1.165, 1.54) is 33.2 Å². The molecule has 0 aliphatic heterocycles. The lowest BCUT2D eigenvalue weighted by atomic mass is 9.92. The summed E-state index contributed by atoms with van der Waals surface area (Å²) >= 11 is 0. The molecule has 3 aromatic rings. The van der Waals surface area contributed by atoms with Crippen molar-refractivity contribution in [2.75, 3.05) is 32.9 Å². The molecule has 0 radical (unpaired) electrons. The molecule has 0 heterocycles. The first kappa shape index (κ1) is 24.3. The van der Waals surface area contributed by atoms with Crippen molar-refractivity contribution >= 4 is 19.6 Å². The molecule has 3 nitrogen and oxygen atoms in total. The number of para-hydroxylation sites is 1. The standard InChI is InChI=1S/C28H36NO2P/c1-7-28(3,32-27-21(2)13-11-18-25(27)29(4)5)24-17-12-16-23(26(24)31-20-30-6)19-22-14-9-8-10-15-22/h8-18,32H,7,19-20H2,1-6H3. The largest absolute Gasteiger partial charge is 0.467 e. The van der Waals surface area contributed by atoms with Crippen molar-refractivity contribution in [3.8, 4) is 5.75 Å². The van der Waals surface area contributed by atoms with Gasteiger partial charge in [-0.2, -0.15) is 0 Å². The summed E-state index contributed by atoms with van der Waals surface area (Å²) in [6, 6.07) is 23.8. The normalized spacial score (nSPS) is 13.3. The Hall–Kier alpha value is -2.35. The maximum atomic E-state index is 6.26. The van der Waals surface area contributed by atoms with Crippen molar-refractivity contribution < 1.29 is 9.47 Å². The molecule has 170 valence electrons. The van der Waals surface area contributed by atoms with Crippen LogP contribution in [0, 0.1) is 6.92 Å². The second-order valence-corrected chi connectivity index (χ2v) is 10.5. The van der Waals surface area contributed by atoms with E-state index < -0.39 is 0 Å². The van der Waals surface area contributed by atoms with Crippen LogP contribution in [0.3, 0.4) is 0 Å². The van der Waals surface area contributed by atoms with E-state index in [1.807, 2.05) is 0 Å². The molecule has 0 spiro atoms. The quantitative estimate of drug-likeness (QED) is 0.269. The molecule has 4 heteroatoms. The minimum Gasteiger partial charge on any atom is -0.467 e. The summed E-state index contributed by atoms with van der Waals surface area (Å²) in [5.74, 6) is 0.968. The number of ether oxygens (including phenoxy) is 2. The maximum Gasteiger partial charge on any atom is 0.188 e. The highest BCUT2D eigenvalue weighted by Crippen LogP contribution is 2.49. The van der Waals surface area contributed by atoms with Crippen molar-refractivity contribution in [3.63, 3.8) is 0 Å². The molecule has 2 atom stereocenters. The maximum absolute atomic E-state index is 6.26. The molecule has 0 aliphatic carbocycles. The van der Waals surface area contributed by atoms with Gasteiger partial charge in [-0.15, -0.1) is 0 Å². The van der Waals surface area contributed by atoms with Gasteiger partial charge in [0.1, 0.15) is 5.75 Å². The van der Waals surface area contributed by atoms with Gasteiger partial charge in [0.25, 0.3) is 0 Å². The van der Waals surface area contributed by atoms with Crippen LogP contribution in [0.5, 0.6) is 5.75 Å². The van der Waals surface area contributed by atoms with Gasteiger partial charge in [0.05, 0.1) is 0 Å². The van der Waals surface area contributed by atoms with Crippen LogP contribution in [0.15, 0.2) is 66.7 Å². The summed E-state index contributed by atoms with van der Waals surface area (Å²) in [5.41, 5.74) is 6.38. The predicted molar refractivity (Wildman–Crippen MR) is 139 cm³/mol. The molecule has 3 aromatic carbocycles. The van der Waals surface area contributed by atoms with Crippen LogP contribution in [0.25, 0.3) is 0 Å². The molecule has 0 N–H and O–H groups in total. The lowest BCUT2D eigenvalue weighted by molar-refractivity contribution is 0.0494. The van der Waals surface area contributed by atoms with E-state index in [1.54, 1.807) is 7.11 Å². The molecule has 32 heavy (non-hydrogen) atoms. The Morgan fingerprint density at radius 1 is 0.938 bits per heavy atom. The van der Waals surface area contributed by atoms with E-state index in [2.05, 4.69) is 106 Å². The third-order valence-corrected chi connectivity index (χ3v) is 8.17. The summed E-state index contributed by atoms with van der Waals surface area (Å²) in [7, 11) is 6.55. The smallest absolute Gasteiger partial charge is 0.188 e. The zero-order chi connectivity index (χ0) is 23.1. The Balaban J connectivity index is 2.08. The molecular formula is C28H36NO2P. The Labute approximate surface area is 195 Å². The summed E-state index contributed by atoms with van der Waals surface area (Å²) in [6.07, 6.45) is 1.86. The van der Waals surface area contributed by atoms with Gasteiger partial charge in [0.15, 0.2) is 6.79 Å². The minimum absolute atomic E-state index is 0.0490. The van der Waals surface area contributed by atoms with Crippen LogP contribution >= 0.6 is 8.58 Å². The first-order valence-electron chi connectivity index (χ1n) is 11.2. The molecule has 0 saturated heterocycles. The molecule has 0 aliphatic rings. The minimum atomic E-state index is -0.0490. The summed E-state index contributed by atoms with van der Waals surface area (Å²) in [4.78, 5) is 2.22. The lowest BCUT2D eigenvalue weighted by Gasteiger charge is -2.34. The van der Waals surface area contributed by atoms with E-state index >= 15 is 0 Å². The molecule has 0 aromatic heterocycles. The Morgan fingerprint density at radius 3 is 2.31 bits per heavy atom. The van der Waals surface area contributed by atoms with Gasteiger partial charge in [-0.1, -0.05) is 83.1 Å². The van der Waals surface area contributed by atoms with Gasteiger partial charge in [-0.3, -0.25) is 0 Å². The number of rotatable bonds is 10. The fraction of sp³-hybridized carbons (Fsp3) is 0.357. The van der Waals surface area contributed by atoms with Crippen molar-refractivity contribution in [2.24, 2.45) is 0 Å². The predicted octanol–water partition coefficient (Wildman–Crippen LogP) is 6.26. The number of benzene rings is 3. The van der Waals surface area contributed by atoms with Gasteiger partial charge in [-0.25, -0.2) is 0 Å². The fourth-order valence-corrected chi connectivity index (χ4v) is 5.85. The highest BCUT2D eigenvalue weighted by atomic mass is 31.1. The Morgan fingerprint density at radius 2 is 1.66 bits per heavy atom. The van der Waals surface area contributed by atoms with Gasteiger partial charge in [0.2, 0.25) is 0 Å². The van der Waals surface area contributed by atoms with Crippen molar-refractivity contribution in [1.82, 2.24) is 0 Å². The number of aryl methyl sites for hydroxylation is 1. The van der Waals surface area contributed by atoms with Crippen LogP contribution in [-0.2, 0) is 16.3 Å². The SMILES string of the molecule is CCC(C)(Pc1c(C)cccc1N(C)C)c1cccc(Cc2ccccc2)c1OCOC. The number of hydrogen-bond donors (Lipinski definition) is 0. The zero-order valence-electron chi connectivity index (χ0n) is 20.2. The molecule has 0 amide bonds. The van der Waals surface area contributed by atoms with Gasteiger partial charge in [-0.05, 0) is 41.4 Å². The van der Waals surface area contributed by atoms with E-state index in [9.17, 15) is 0 Å². The Bertz CT molecular complexity index is 1020. The number of hydrogen-bond acceptors (Lipinski definition) is 3. The molecule has 0 saturated carbocycles. The molecular weight excluding hydrogens is 413 g/mol. The average Bonchev–Trinajstić information content (AvgIpc) is 2.79. The number of anilines is 1. The first-order chi connectivity index (χ1) is 15.4. The second-order valence-electron chi connectivity index (χ2n) is 8.68. The number of methoxy groups -OCH3 is 1. The highest BCUT2D eigenvalue weighted by molar-refractivity contribution is 7.49. The van der Waals surface area contributed by atoms with Crippen molar-refractivity contribution in [1.29, 1.82) is 0 Å².